The van der Waals surface area contributed by atoms with E-state index in [4.69, 9.17) is 0 Å². The fourth-order valence-corrected chi connectivity index (χ4v) is 1.28. The van der Waals surface area contributed by atoms with Crippen molar-refractivity contribution < 1.29 is 22.7 Å². The minimum atomic E-state index is -4.62. The van der Waals surface area contributed by atoms with Gasteiger partial charge in [-0.25, -0.2) is 9.78 Å². The number of rotatable bonds is 2. The zero-order valence-corrected chi connectivity index (χ0v) is 9.63. The van der Waals surface area contributed by atoms with Crippen LogP contribution in [0, 0.1) is 0 Å². The molecule has 0 aliphatic rings. The van der Waals surface area contributed by atoms with Crippen molar-refractivity contribution in [1.82, 2.24) is 4.98 Å². The Bertz CT molecular complexity index is 427. The standard InChI is InChI=1S/C11H12F3NO2/c1-6(2)8-5-4-7(11(12,13)14)9(15-8)10(16)17-3/h4-6H,1-3H3. The Hall–Kier alpha value is -1.59. The number of halogens is 3. The van der Waals surface area contributed by atoms with Crippen LogP contribution in [-0.2, 0) is 10.9 Å². The van der Waals surface area contributed by atoms with Gasteiger partial charge >= 0.3 is 12.1 Å². The SMILES string of the molecule is COC(=O)c1nc(C(C)C)ccc1C(F)(F)F. The van der Waals surface area contributed by atoms with Crippen molar-refractivity contribution in [2.24, 2.45) is 0 Å². The Kier molecular flexibility index (Phi) is 3.75. The molecule has 0 aromatic carbocycles. The maximum atomic E-state index is 12.6. The maximum Gasteiger partial charge on any atom is 0.418 e. The minimum absolute atomic E-state index is 0.0688. The number of carbonyl (C=O) groups is 1. The molecule has 0 unspecified atom stereocenters. The zero-order chi connectivity index (χ0) is 13.2. The lowest BCUT2D eigenvalue weighted by Gasteiger charge is -2.13. The van der Waals surface area contributed by atoms with Gasteiger partial charge in [0.1, 0.15) is 0 Å². The van der Waals surface area contributed by atoms with E-state index in [1.807, 2.05) is 0 Å². The van der Waals surface area contributed by atoms with Crippen molar-refractivity contribution in [1.29, 1.82) is 0 Å². The second kappa shape index (κ2) is 4.73. The fourth-order valence-electron chi connectivity index (χ4n) is 1.28. The first kappa shape index (κ1) is 13.5. The zero-order valence-electron chi connectivity index (χ0n) is 9.63. The van der Waals surface area contributed by atoms with Gasteiger partial charge in [0.2, 0.25) is 0 Å². The monoisotopic (exact) mass is 247 g/mol. The fraction of sp³-hybridized carbons (Fsp3) is 0.455. The number of hydrogen-bond acceptors (Lipinski definition) is 3. The third-order valence-electron chi connectivity index (χ3n) is 2.19. The summed E-state index contributed by atoms with van der Waals surface area (Å²) < 4.78 is 42.2. The van der Waals surface area contributed by atoms with E-state index in [1.54, 1.807) is 13.8 Å². The number of aromatic nitrogens is 1. The van der Waals surface area contributed by atoms with Gasteiger partial charge in [-0.05, 0) is 18.1 Å². The largest absolute Gasteiger partial charge is 0.464 e. The molecule has 0 bridgehead atoms. The van der Waals surface area contributed by atoms with E-state index in [2.05, 4.69) is 9.72 Å². The second-order valence-corrected chi connectivity index (χ2v) is 3.78. The molecule has 6 heteroatoms. The van der Waals surface area contributed by atoms with E-state index in [9.17, 15) is 18.0 Å². The molecule has 0 spiro atoms. The second-order valence-electron chi connectivity index (χ2n) is 3.78. The molecule has 17 heavy (non-hydrogen) atoms. The highest BCUT2D eigenvalue weighted by molar-refractivity contribution is 5.89. The van der Waals surface area contributed by atoms with Crippen molar-refractivity contribution >= 4 is 5.97 Å². The van der Waals surface area contributed by atoms with Gasteiger partial charge in [0.15, 0.2) is 5.69 Å². The first-order chi connectivity index (χ1) is 7.77. The summed E-state index contributed by atoms with van der Waals surface area (Å²) in [6.45, 7) is 3.55. The van der Waals surface area contributed by atoms with Crippen LogP contribution in [0.25, 0.3) is 0 Å². The maximum absolute atomic E-state index is 12.6. The van der Waals surface area contributed by atoms with Crippen LogP contribution in [0.4, 0.5) is 13.2 Å². The highest BCUT2D eigenvalue weighted by atomic mass is 19.4. The highest BCUT2D eigenvalue weighted by Crippen LogP contribution is 2.32. The molecule has 0 radical (unpaired) electrons. The number of carbonyl (C=O) groups excluding carboxylic acids is 1. The van der Waals surface area contributed by atoms with E-state index in [0.717, 1.165) is 13.2 Å². The van der Waals surface area contributed by atoms with Gasteiger partial charge in [0.05, 0.1) is 12.7 Å². The predicted octanol–water partition coefficient (Wildman–Crippen LogP) is 3.01. The summed E-state index contributed by atoms with van der Waals surface area (Å²) in [5.41, 5.74) is -1.35. The van der Waals surface area contributed by atoms with Crippen LogP contribution in [0.3, 0.4) is 0 Å². The molecular formula is C11H12F3NO2. The van der Waals surface area contributed by atoms with Crippen LogP contribution in [-0.4, -0.2) is 18.1 Å². The van der Waals surface area contributed by atoms with Crippen LogP contribution in [0.5, 0.6) is 0 Å². The van der Waals surface area contributed by atoms with Gasteiger partial charge in [-0.15, -0.1) is 0 Å². The third kappa shape index (κ3) is 2.95. The molecule has 0 aliphatic heterocycles. The molecule has 0 N–H and O–H groups in total. The Balaban J connectivity index is 3.37. The van der Waals surface area contributed by atoms with Crippen LogP contribution >= 0.6 is 0 Å². The molecule has 0 aliphatic carbocycles. The molecule has 0 amide bonds. The summed E-state index contributed by atoms with van der Waals surface area (Å²) in [7, 11) is 1.02. The van der Waals surface area contributed by atoms with Gasteiger partial charge in [-0.3, -0.25) is 0 Å². The number of alkyl halides is 3. The third-order valence-corrected chi connectivity index (χ3v) is 2.19. The highest BCUT2D eigenvalue weighted by Gasteiger charge is 2.36. The summed E-state index contributed by atoms with van der Waals surface area (Å²) >= 11 is 0. The van der Waals surface area contributed by atoms with Gasteiger partial charge in [-0.2, -0.15) is 13.2 Å². The lowest BCUT2D eigenvalue weighted by molar-refractivity contribution is -0.138. The van der Waals surface area contributed by atoms with E-state index in [0.29, 0.717) is 5.69 Å². The number of pyridine rings is 1. The Morgan fingerprint density at radius 1 is 1.35 bits per heavy atom. The topological polar surface area (TPSA) is 39.2 Å². The van der Waals surface area contributed by atoms with E-state index in [-0.39, 0.29) is 5.92 Å². The average Bonchev–Trinajstić information content (AvgIpc) is 2.25. The van der Waals surface area contributed by atoms with Crippen LogP contribution in [0.1, 0.15) is 41.5 Å². The molecule has 1 aromatic heterocycles. The van der Waals surface area contributed by atoms with Gasteiger partial charge in [0.25, 0.3) is 0 Å². The number of nitrogens with zero attached hydrogens (tertiary/aromatic N) is 1. The Morgan fingerprint density at radius 3 is 2.35 bits per heavy atom. The van der Waals surface area contributed by atoms with Gasteiger partial charge in [0, 0.05) is 5.69 Å². The quantitative estimate of drug-likeness (QED) is 0.754. The smallest absolute Gasteiger partial charge is 0.418 e. The van der Waals surface area contributed by atoms with Gasteiger partial charge < -0.3 is 4.74 Å². The Labute approximate surface area is 96.6 Å². The molecular weight excluding hydrogens is 235 g/mol. The molecule has 1 rings (SSSR count). The first-order valence-corrected chi connectivity index (χ1v) is 4.93. The summed E-state index contributed by atoms with van der Waals surface area (Å²) in [5, 5.41) is 0. The van der Waals surface area contributed by atoms with Crippen molar-refractivity contribution in [3.63, 3.8) is 0 Å². The van der Waals surface area contributed by atoms with Crippen molar-refractivity contribution in [2.45, 2.75) is 25.9 Å². The number of esters is 1. The first-order valence-electron chi connectivity index (χ1n) is 4.93. The molecule has 3 nitrogen and oxygen atoms in total. The molecule has 0 fully saturated rings. The molecule has 0 saturated carbocycles. The van der Waals surface area contributed by atoms with E-state index < -0.39 is 23.4 Å². The van der Waals surface area contributed by atoms with Crippen LogP contribution < -0.4 is 0 Å². The predicted molar refractivity (Wildman–Crippen MR) is 54.7 cm³/mol. The minimum Gasteiger partial charge on any atom is -0.464 e. The van der Waals surface area contributed by atoms with Crippen LogP contribution in [0.2, 0.25) is 0 Å². The lowest BCUT2D eigenvalue weighted by atomic mass is 10.1. The number of methoxy groups -OCH3 is 1. The normalized spacial score (nSPS) is 11.7. The summed E-state index contributed by atoms with van der Waals surface area (Å²) in [5.74, 6) is -1.15. The number of hydrogen-bond donors (Lipinski definition) is 0. The summed E-state index contributed by atoms with van der Waals surface area (Å²) in [6.07, 6.45) is -4.62. The summed E-state index contributed by atoms with van der Waals surface area (Å²) in [6, 6.07) is 2.12. The van der Waals surface area contributed by atoms with E-state index >= 15 is 0 Å². The van der Waals surface area contributed by atoms with Gasteiger partial charge in [-0.1, -0.05) is 13.8 Å². The van der Waals surface area contributed by atoms with Crippen molar-refractivity contribution in [3.8, 4) is 0 Å². The molecule has 0 atom stereocenters. The lowest BCUT2D eigenvalue weighted by Crippen LogP contribution is -2.17. The molecule has 94 valence electrons. The molecule has 0 saturated heterocycles. The Morgan fingerprint density at radius 2 is 1.94 bits per heavy atom. The van der Waals surface area contributed by atoms with E-state index in [1.165, 1.54) is 6.07 Å². The summed E-state index contributed by atoms with van der Waals surface area (Å²) in [4.78, 5) is 15.0. The average molecular weight is 247 g/mol. The van der Waals surface area contributed by atoms with Crippen molar-refractivity contribution in [2.75, 3.05) is 7.11 Å². The molecule has 1 heterocycles. The molecule has 1 aromatic rings. The van der Waals surface area contributed by atoms with Crippen LogP contribution in [0.15, 0.2) is 12.1 Å². The number of ether oxygens (including phenoxy) is 1. The van der Waals surface area contributed by atoms with Crippen molar-refractivity contribution in [3.05, 3.63) is 29.1 Å².